The van der Waals surface area contributed by atoms with Crippen molar-refractivity contribution in [2.45, 2.75) is 6.92 Å². The summed E-state index contributed by atoms with van der Waals surface area (Å²) in [7, 11) is 0. The quantitative estimate of drug-likeness (QED) is 0.503. The summed E-state index contributed by atoms with van der Waals surface area (Å²) >= 11 is 0. The van der Waals surface area contributed by atoms with E-state index in [0.717, 1.165) is 28.0 Å². The van der Waals surface area contributed by atoms with Crippen LogP contribution in [-0.4, -0.2) is 9.97 Å². The van der Waals surface area contributed by atoms with Gasteiger partial charge in [0.1, 0.15) is 5.82 Å². The molecular formula is C21H16N2. The van der Waals surface area contributed by atoms with Crippen LogP contribution in [0.2, 0.25) is 0 Å². The van der Waals surface area contributed by atoms with Gasteiger partial charge in [0.25, 0.3) is 0 Å². The van der Waals surface area contributed by atoms with E-state index in [2.05, 4.69) is 59.6 Å². The van der Waals surface area contributed by atoms with Crippen molar-refractivity contribution in [2.75, 3.05) is 0 Å². The molecule has 0 saturated carbocycles. The highest BCUT2D eigenvalue weighted by atomic mass is 14.9. The van der Waals surface area contributed by atoms with Crippen LogP contribution in [0.25, 0.3) is 33.3 Å². The normalized spacial score (nSPS) is 10.8. The Labute approximate surface area is 135 Å². The van der Waals surface area contributed by atoms with Crippen LogP contribution in [0.5, 0.6) is 0 Å². The van der Waals surface area contributed by atoms with E-state index < -0.39 is 0 Å². The Morgan fingerprint density at radius 3 is 1.96 bits per heavy atom. The fourth-order valence-corrected chi connectivity index (χ4v) is 2.87. The molecule has 0 aliphatic carbocycles. The Hall–Kier alpha value is -3.00. The van der Waals surface area contributed by atoms with E-state index in [1.165, 1.54) is 11.1 Å². The van der Waals surface area contributed by atoms with E-state index in [1.807, 2.05) is 31.2 Å². The summed E-state index contributed by atoms with van der Waals surface area (Å²) in [6, 6.07) is 27.1. The summed E-state index contributed by atoms with van der Waals surface area (Å²) in [6.07, 6.45) is 0. The molecular weight excluding hydrogens is 280 g/mol. The number of hydrogen-bond acceptors (Lipinski definition) is 2. The molecule has 2 nitrogen and oxygen atoms in total. The van der Waals surface area contributed by atoms with Crippen LogP contribution < -0.4 is 0 Å². The third kappa shape index (κ3) is 2.59. The molecule has 0 fully saturated rings. The molecule has 0 saturated heterocycles. The van der Waals surface area contributed by atoms with E-state index in [0.29, 0.717) is 0 Å². The van der Waals surface area contributed by atoms with Crippen LogP contribution in [0, 0.1) is 6.92 Å². The van der Waals surface area contributed by atoms with Gasteiger partial charge in [0.05, 0.1) is 11.2 Å². The maximum atomic E-state index is 4.70. The fraction of sp³-hybridized carbons (Fsp3) is 0.0476. The van der Waals surface area contributed by atoms with Crippen LogP contribution in [-0.2, 0) is 0 Å². The zero-order chi connectivity index (χ0) is 15.6. The van der Waals surface area contributed by atoms with Crippen molar-refractivity contribution in [3.63, 3.8) is 0 Å². The van der Waals surface area contributed by atoms with E-state index in [-0.39, 0.29) is 0 Å². The smallest absolute Gasteiger partial charge is 0.126 e. The molecule has 4 aromatic rings. The molecule has 1 aromatic heterocycles. The maximum Gasteiger partial charge on any atom is 0.126 e. The minimum Gasteiger partial charge on any atom is -0.233 e. The lowest BCUT2D eigenvalue weighted by Crippen LogP contribution is -1.94. The molecule has 0 amide bonds. The van der Waals surface area contributed by atoms with Gasteiger partial charge in [-0.25, -0.2) is 9.97 Å². The van der Waals surface area contributed by atoms with E-state index in [4.69, 9.17) is 4.98 Å². The summed E-state index contributed by atoms with van der Waals surface area (Å²) in [5, 5.41) is 1.09. The van der Waals surface area contributed by atoms with Crippen molar-refractivity contribution in [3.05, 3.63) is 84.7 Å². The lowest BCUT2D eigenvalue weighted by molar-refractivity contribution is 1.10. The Bertz CT molecular complexity index is 961. The van der Waals surface area contributed by atoms with Crippen molar-refractivity contribution < 1.29 is 0 Å². The van der Waals surface area contributed by atoms with Crippen molar-refractivity contribution in [2.24, 2.45) is 0 Å². The van der Waals surface area contributed by atoms with Crippen molar-refractivity contribution >= 4 is 10.9 Å². The summed E-state index contributed by atoms with van der Waals surface area (Å²) in [5.74, 6) is 0.795. The molecule has 0 atom stereocenters. The van der Waals surface area contributed by atoms with Gasteiger partial charge in [-0.05, 0) is 30.2 Å². The van der Waals surface area contributed by atoms with E-state index >= 15 is 0 Å². The molecule has 0 aliphatic heterocycles. The zero-order valence-corrected chi connectivity index (χ0v) is 12.9. The number of rotatable bonds is 2. The standard InChI is InChI=1S/C21H16N2/c1-15-22-20-13-12-18(16-8-4-2-5-9-16)14-19(20)21(23-15)17-10-6-3-7-11-17/h2-14H,1H3. The first-order valence-electron chi connectivity index (χ1n) is 7.70. The largest absolute Gasteiger partial charge is 0.233 e. The minimum absolute atomic E-state index is 0.795. The molecule has 1 heterocycles. The molecule has 0 radical (unpaired) electrons. The molecule has 4 rings (SSSR count). The highest BCUT2D eigenvalue weighted by molar-refractivity contribution is 5.95. The molecule has 110 valence electrons. The van der Waals surface area contributed by atoms with Crippen molar-refractivity contribution in [3.8, 4) is 22.4 Å². The second kappa shape index (κ2) is 5.65. The minimum atomic E-state index is 0.795. The van der Waals surface area contributed by atoms with Gasteiger partial charge in [-0.3, -0.25) is 0 Å². The zero-order valence-electron chi connectivity index (χ0n) is 12.9. The first kappa shape index (κ1) is 13.6. The maximum absolute atomic E-state index is 4.70. The van der Waals surface area contributed by atoms with Gasteiger partial charge in [0.15, 0.2) is 0 Å². The summed E-state index contributed by atoms with van der Waals surface area (Å²) in [4.78, 5) is 9.28. The average molecular weight is 296 g/mol. The average Bonchev–Trinajstić information content (AvgIpc) is 2.62. The number of fused-ring (bicyclic) bond motifs is 1. The van der Waals surface area contributed by atoms with Gasteiger partial charge in [-0.2, -0.15) is 0 Å². The van der Waals surface area contributed by atoms with Crippen LogP contribution in [0.3, 0.4) is 0 Å². The Balaban J connectivity index is 1.98. The number of aromatic nitrogens is 2. The predicted octanol–water partition coefficient (Wildman–Crippen LogP) is 5.27. The van der Waals surface area contributed by atoms with Crippen molar-refractivity contribution in [1.82, 2.24) is 9.97 Å². The number of hydrogen-bond donors (Lipinski definition) is 0. The summed E-state index contributed by atoms with van der Waals surface area (Å²) in [5.41, 5.74) is 5.48. The summed E-state index contributed by atoms with van der Waals surface area (Å²) in [6.45, 7) is 1.94. The molecule has 0 N–H and O–H groups in total. The third-order valence-corrected chi connectivity index (χ3v) is 3.96. The monoisotopic (exact) mass is 296 g/mol. The SMILES string of the molecule is Cc1nc(-c2ccccc2)c2cc(-c3ccccc3)ccc2n1. The van der Waals surface area contributed by atoms with Gasteiger partial charge < -0.3 is 0 Å². The summed E-state index contributed by atoms with van der Waals surface area (Å²) < 4.78 is 0. The second-order valence-electron chi connectivity index (χ2n) is 5.58. The first-order valence-corrected chi connectivity index (χ1v) is 7.70. The Morgan fingerprint density at radius 2 is 1.26 bits per heavy atom. The molecule has 2 heteroatoms. The molecule has 23 heavy (non-hydrogen) atoms. The van der Waals surface area contributed by atoms with Crippen LogP contribution in [0.4, 0.5) is 0 Å². The van der Waals surface area contributed by atoms with Crippen LogP contribution in [0.15, 0.2) is 78.9 Å². The number of nitrogens with zero attached hydrogens (tertiary/aromatic N) is 2. The number of aryl methyl sites for hydroxylation is 1. The first-order chi connectivity index (χ1) is 11.3. The highest BCUT2D eigenvalue weighted by Crippen LogP contribution is 2.30. The van der Waals surface area contributed by atoms with Gasteiger partial charge >= 0.3 is 0 Å². The lowest BCUT2D eigenvalue weighted by atomic mass is 10.0. The Morgan fingerprint density at radius 1 is 0.609 bits per heavy atom. The molecule has 0 spiro atoms. The molecule has 0 bridgehead atoms. The predicted molar refractivity (Wildman–Crippen MR) is 95.1 cm³/mol. The van der Waals surface area contributed by atoms with E-state index in [1.54, 1.807) is 0 Å². The molecule has 0 unspecified atom stereocenters. The Kier molecular flexibility index (Phi) is 3.35. The van der Waals surface area contributed by atoms with Gasteiger partial charge in [0, 0.05) is 10.9 Å². The third-order valence-electron chi connectivity index (χ3n) is 3.96. The van der Waals surface area contributed by atoms with Gasteiger partial charge in [0.2, 0.25) is 0 Å². The van der Waals surface area contributed by atoms with Crippen LogP contribution in [0.1, 0.15) is 5.82 Å². The fourth-order valence-electron chi connectivity index (χ4n) is 2.87. The molecule has 0 aliphatic rings. The van der Waals surface area contributed by atoms with Crippen molar-refractivity contribution in [1.29, 1.82) is 0 Å². The molecule has 3 aromatic carbocycles. The lowest BCUT2D eigenvalue weighted by Gasteiger charge is -2.09. The van der Waals surface area contributed by atoms with E-state index in [9.17, 15) is 0 Å². The topological polar surface area (TPSA) is 25.8 Å². The number of benzene rings is 3. The second-order valence-corrected chi connectivity index (χ2v) is 5.58. The highest BCUT2D eigenvalue weighted by Gasteiger charge is 2.09. The van der Waals surface area contributed by atoms with Gasteiger partial charge in [-0.15, -0.1) is 0 Å². The van der Waals surface area contributed by atoms with Crippen LogP contribution >= 0.6 is 0 Å². The van der Waals surface area contributed by atoms with Gasteiger partial charge in [-0.1, -0.05) is 66.7 Å².